The second-order valence-electron chi connectivity index (χ2n) is 8.37. The average molecular weight is 474 g/mol. The highest BCUT2D eigenvalue weighted by molar-refractivity contribution is 6.31. The van der Waals surface area contributed by atoms with Gasteiger partial charge in [-0.2, -0.15) is 0 Å². The van der Waals surface area contributed by atoms with E-state index in [0.29, 0.717) is 28.2 Å². The number of carbonyl (C=O) groups excluding carboxylic acids is 1. The van der Waals surface area contributed by atoms with Crippen molar-refractivity contribution in [3.63, 3.8) is 0 Å². The first-order valence-corrected chi connectivity index (χ1v) is 11.8. The quantitative estimate of drug-likeness (QED) is 0.292. The summed E-state index contributed by atoms with van der Waals surface area (Å²) in [6.45, 7) is 3.01. The van der Waals surface area contributed by atoms with E-state index in [2.05, 4.69) is 6.92 Å². The van der Waals surface area contributed by atoms with Crippen LogP contribution in [0.4, 0.5) is 0 Å². The molecule has 5 nitrogen and oxygen atoms in total. The van der Waals surface area contributed by atoms with E-state index in [1.165, 1.54) is 0 Å². The zero-order valence-corrected chi connectivity index (χ0v) is 19.5. The van der Waals surface area contributed by atoms with Gasteiger partial charge in [-0.3, -0.25) is 9.59 Å². The highest BCUT2D eigenvalue weighted by atomic mass is 35.5. The molecule has 0 aliphatic carbocycles. The molecule has 0 bridgehead atoms. The zero-order valence-electron chi connectivity index (χ0n) is 18.8. The van der Waals surface area contributed by atoms with Crippen LogP contribution in [-0.2, 0) is 6.54 Å². The molecule has 1 atom stereocenters. The molecule has 1 aliphatic rings. The minimum absolute atomic E-state index is 0.0871. The maximum Gasteiger partial charge on any atom is 0.291 e. The Balaban J connectivity index is 1.61. The van der Waals surface area contributed by atoms with Crippen LogP contribution in [0.3, 0.4) is 0 Å². The molecule has 1 aliphatic heterocycles. The van der Waals surface area contributed by atoms with Crippen molar-refractivity contribution < 1.29 is 13.9 Å². The van der Waals surface area contributed by atoms with E-state index >= 15 is 0 Å². The van der Waals surface area contributed by atoms with Crippen LogP contribution in [0, 0.1) is 0 Å². The van der Waals surface area contributed by atoms with Crippen molar-refractivity contribution in [1.82, 2.24) is 4.90 Å². The molecule has 5 rings (SSSR count). The molecular formula is C28H24ClNO4. The van der Waals surface area contributed by atoms with E-state index in [0.717, 1.165) is 29.7 Å². The van der Waals surface area contributed by atoms with Crippen molar-refractivity contribution in [1.29, 1.82) is 0 Å². The Bertz CT molecular complexity index is 1410. The topological polar surface area (TPSA) is 59.8 Å². The highest BCUT2D eigenvalue weighted by Gasteiger charge is 2.42. The van der Waals surface area contributed by atoms with E-state index in [1.807, 2.05) is 42.5 Å². The summed E-state index contributed by atoms with van der Waals surface area (Å²) in [6.07, 6.45) is 2.03. The first-order chi connectivity index (χ1) is 16.6. The second kappa shape index (κ2) is 9.35. The van der Waals surface area contributed by atoms with Crippen LogP contribution in [0.5, 0.6) is 5.75 Å². The van der Waals surface area contributed by atoms with Gasteiger partial charge in [-0.25, -0.2) is 0 Å². The number of rotatable bonds is 7. The third kappa shape index (κ3) is 3.97. The van der Waals surface area contributed by atoms with Gasteiger partial charge in [-0.15, -0.1) is 0 Å². The maximum atomic E-state index is 13.6. The third-order valence-corrected chi connectivity index (χ3v) is 6.50. The fourth-order valence-corrected chi connectivity index (χ4v) is 4.56. The Morgan fingerprint density at radius 3 is 2.47 bits per heavy atom. The summed E-state index contributed by atoms with van der Waals surface area (Å²) < 4.78 is 11.8. The van der Waals surface area contributed by atoms with Crippen LogP contribution in [0.15, 0.2) is 82.0 Å². The predicted octanol–water partition coefficient (Wildman–Crippen LogP) is 6.37. The Morgan fingerprint density at radius 2 is 1.71 bits per heavy atom. The lowest BCUT2D eigenvalue weighted by molar-refractivity contribution is 0.0714. The number of amides is 1. The van der Waals surface area contributed by atoms with Gasteiger partial charge < -0.3 is 14.1 Å². The van der Waals surface area contributed by atoms with Crippen LogP contribution in [0.1, 0.15) is 53.1 Å². The fraction of sp³-hybridized carbons (Fsp3) is 0.214. The SMILES string of the molecule is CCCCOc1ccc(C2c3c(oc4ccccc4c3=O)C(=O)N2Cc2ccccc2Cl)cc1. The number of carbonyl (C=O) groups is 1. The average Bonchev–Trinajstić information content (AvgIpc) is 3.13. The highest BCUT2D eigenvalue weighted by Crippen LogP contribution is 2.40. The summed E-state index contributed by atoms with van der Waals surface area (Å²) in [5.74, 6) is 0.514. The summed E-state index contributed by atoms with van der Waals surface area (Å²) >= 11 is 6.41. The first kappa shape index (κ1) is 22.2. The number of fused-ring (bicyclic) bond motifs is 2. The number of para-hydroxylation sites is 1. The molecule has 1 amide bonds. The van der Waals surface area contributed by atoms with Crippen LogP contribution in [0.25, 0.3) is 11.0 Å². The van der Waals surface area contributed by atoms with Gasteiger partial charge in [0.15, 0.2) is 5.43 Å². The Morgan fingerprint density at radius 1 is 0.971 bits per heavy atom. The molecule has 0 N–H and O–H groups in total. The van der Waals surface area contributed by atoms with Crippen molar-refractivity contribution in [3.05, 3.63) is 110 Å². The molecule has 4 aromatic rings. The summed E-state index contributed by atoms with van der Waals surface area (Å²) in [4.78, 5) is 28.8. The third-order valence-electron chi connectivity index (χ3n) is 6.13. The standard InChI is InChI=1S/C28H24ClNO4/c1-2-3-16-33-20-14-12-18(13-15-20)25-24-26(31)21-9-5-7-11-23(21)34-27(24)28(32)30(25)17-19-8-4-6-10-22(19)29/h4-15,25H,2-3,16-17H2,1H3. The Kier molecular flexibility index (Phi) is 6.12. The van der Waals surface area contributed by atoms with Gasteiger partial charge in [0.25, 0.3) is 5.91 Å². The second-order valence-corrected chi connectivity index (χ2v) is 8.78. The summed E-state index contributed by atoms with van der Waals surface area (Å²) in [6, 6.07) is 21.4. The van der Waals surface area contributed by atoms with Crippen LogP contribution < -0.4 is 10.2 Å². The smallest absolute Gasteiger partial charge is 0.291 e. The lowest BCUT2D eigenvalue weighted by Gasteiger charge is -2.25. The van der Waals surface area contributed by atoms with Gasteiger partial charge in [0.05, 0.1) is 23.6 Å². The molecule has 0 saturated carbocycles. The zero-order chi connectivity index (χ0) is 23.7. The molecule has 0 radical (unpaired) electrons. The van der Waals surface area contributed by atoms with Crippen molar-refractivity contribution in [2.24, 2.45) is 0 Å². The van der Waals surface area contributed by atoms with Crippen LogP contribution in [-0.4, -0.2) is 17.4 Å². The van der Waals surface area contributed by atoms with E-state index in [-0.39, 0.29) is 23.6 Å². The predicted molar refractivity (Wildman–Crippen MR) is 132 cm³/mol. The van der Waals surface area contributed by atoms with Gasteiger partial charge in [-0.05, 0) is 47.9 Å². The number of halogens is 1. The van der Waals surface area contributed by atoms with Crippen LogP contribution in [0.2, 0.25) is 5.02 Å². The molecule has 0 saturated heterocycles. The van der Waals surface area contributed by atoms with E-state index in [4.69, 9.17) is 20.8 Å². The molecule has 1 unspecified atom stereocenters. The number of hydrogen-bond acceptors (Lipinski definition) is 4. The molecule has 0 fully saturated rings. The monoisotopic (exact) mass is 473 g/mol. The molecule has 0 spiro atoms. The molecule has 1 aromatic heterocycles. The lowest BCUT2D eigenvalue weighted by atomic mass is 9.98. The van der Waals surface area contributed by atoms with E-state index < -0.39 is 6.04 Å². The summed E-state index contributed by atoms with van der Waals surface area (Å²) in [5.41, 5.74) is 2.17. The molecule has 2 heterocycles. The molecule has 6 heteroatoms. The van der Waals surface area contributed by atoms with Gasteiger partial charge in [0.1, 0.15) is 11.3 Å². The number of hydrogen-bond donors (Lipinski definition) is 0. The largest absolute Gasteiger partial charge is 0.494 e. The summed E-state index contributed by atoms with van der Waals surface area (Å²) in [5, 5.41) is 1.02. The fourth-order valence-electron chi connectivity index (χ4n) is 4.37. The summed E-state index contributed by atoms with van der Waals surface area (Å²) in [7, 11) is 0. The van der Waals surface area contributed by atoms with Crippen molar-refractivity contribution in [2.45, 2.75) is 32.4 Å². The minimum atomic E-state index is -0.593. The first-order valence-electron chi connectivity index (χ1n) is 11.4. The molecule has 172 valence electrons. The van der Waals surface area contributed by atoms with E-state index in [9.17, 15) is 9.59 Å². The van der Waals surface area contributed by atoms with Crippen molar-refractivity contribution in [3.8, 4) is 5.75 Å². The van der Waals surface area contributed by atoms with Crippen molar-refractivity contribution >= 4 is 28.5 Å². The number of nitrogens with zero attached hydrogens (tertiary/aromatic N) is 1. The van der Waals surface area contributed by atoms with Gasteiger partial charge in [0, 0.05) is 11.6 Å². The van der Waals surface area contributed by atoms with Gasteiger partial charge in [0.2, 0.25) is 5.76 Å². The van der Waals surface area contributed by atoms with Crippen LogP contribution >= 0.6 is 11.6 Å². The molecule has 3 aromatic carbocycles. The van der Waals surface area contributed by atoms with Crippen molar-refractivity contribution in [2.75, 3.05) is 6.61 Å². The lowest BCUT2D eigenvalue weighted by Crippen LogP contribution is -2.29. The Labute approximate surface area is 202 Å². The van der Waals surface area contributed by atoms with Gasteiger partial charge in [-0.1, -0.05) is 67.4 Å². The normalized spacial score (nSPS) is 15.1. The Hall–Kier alpha value is -3.57. The number of unbranched alkanes of at least 4 members (excludes halogenated alkanes) is 1. The minimum Gasteiger partial charge on any atom is -0.494 e. The maximum absolute atomic E-state index is 13.6. The molecular weight excluding hydrogens is 450 g/mol. The van der Waals surface area contributed by atoms with Gasteiger partial charge >= 0.3 is 0 Å². The number of benzene rings is 3. The number of ether oxygens (including phenoxy) is 1. The molecule has 34 heavy (non-hydrogen) atoms. The van der Waals surface area contributed by atoms with E-state index in [1.54, 1.807) is 35.2 Å².